The molecule has 3 unspecified atom stereocenters. The molecule has 4 nitrogen and oxygen atoms in total. The van der Waals surface area contributed by atoms with E-state index in [9.17, 15) is 4.79 Å². The summed E-state index contributed by atoms with van der Waals surface area (Å²) in [6.45, 7) is 2.09. The van der Waals surface area contributed by atoms with Crippen LogP contribution < -0.4 is 10.5 Å². The highest BCUT2D eigenvalue weighted by atomic mass is 35.5. The molecule has 3 atom stereocenters. The molecule has 1 aliphatic rings. The molecule has 1 aromatic rings. The number of nitrogens with zero attached hydrogens (tertiary/aromatic N) is 1. The molecule has 0 saturated heterocycles. The van der Waals surface area contributed by atoms with E-state index in [2.05, 4.69) is 13.0 Å². The van der Waals surface area contributed by atoms with Crippen molar-refractivity contribution >= 4 is 18.3 Å². The Morgan fingerprint density at radius 3 is 2.67 bits per heavy atom. The maximum atomic E-state index is 12.6. The average molecular weight is 355 g/mol. The minimum Gasteiger partial charge on any atom is -0.496 e. The van der Waals surface area contributed by atoms with Gasteiger partial charge in [0.1, 0.15) is 5.75 Å². The first-order chi connectivity index (χ1) is 11.0. The third-order valence-corrected chi connectivity index (χ3v) is 5.17. The Balaban J connectivity index is 0.00000288. The number of hydrogen-bond acceptors (Lipinski definition) is 3. The maximum absolute atomic E-state index is 12.6. The molecule has 2 rings (SSSR count). The van der Waals surface area contributed by atoms with Crippen molar-refractivity contribution in [1.82, 2.24) is 4.90 Å². The quantitative estimate of drug-likeness (QED) is 0.851. The second kappa shape index (κ2) is 9.90. The lowest BCUT2D eigenvalue weighted by atomic mass is 9.82. The van der Waals surface area contributed by atoms with E-state index in [0.29, 0.717) is 12.3 Å². The number of ether oxygens (including phenoxy) is 1. The molecule has 0 radical (unpaired) electrons. The zero-order valence-corrected chi connectivity index (χ0v) is 15.8. The van der Waals surface area contributed by atoms with E-state index in [1.54, 1.807) is 7.11 Å². The minimum absolute atomic E-state index is 0. The second-order valence-electron chi connectivity index (χ2n) is 6.78. The average Bonchev–Trinajstić information content (AvgIpc) is 2.56. The molecule has 0 aromatic heterocycles. The van der Waals surface area contributed by atoms with Crippen molar-refractivity contribution in [3.63, 3.8) is 0 Å². The minimum atomic E-state index is 0. The Bertz CT molecular complexity index is 524. The number of benzene rings is 1. The fourth-order valence-electron chi connectivity index (χ4n) is 3.43. The highest BCUT2D eigenvalue weighted by molar-refractivity contribution is 5.85. The van der Waals surface area contributed by atoms with Gasteiger partial charge in [-0.3, -0.25) is 4.79 Å². The van der Waals surface area contributed by atoms with Gasteiger partial charge in [0.25, 0.3) is 0 Å². The van der Waals surface area contributed by atoms with Crippen LogP contribution in [0.5, 0.6) is 5.75 Å². The van der Waals surface area contributed by atoms with Crippen molar-refractivity contribution < 1.29 is 9.53 Å². The van der Waals surface area contributed by atoms with E-state index in [0.717, 1.165) is 30.6 Å². The first kappa shape index (κ1) is 20.8. The first-order valence-electron chi connectivity index (χ1n) is 8.66. The van der Waals surface area contributed by atoms with E-state index >= 15 is 0 Å². The molecular formula is C19H31ClN2O2. The third kappa shape index (κ3) is 5.38. The lowest BCUT2D eigenvalue weighted by molar-refractivity contribution is -0.133. The molecular weight excluding hydrogens is 324 g/mol. The SMILES string of the molecule is COc1ccccc1CC(C)N(C)C(=O)CC1CCCCC1N.Cl. The predicted molar refractivity (Wildman–Crippen MR) is 101 cm³/mol. The largest absolute Gasteiger partial charge is 0.496 e. The highest BCUT2D eigenvalue weighted by Gasteiger charge is 2.26. The molecule has 24 heavy (non-hydrogen) atoms. The highest BCUT2D eigenvalue weighted by Crippen LogP contribution is 2.27. The smallest absolute Gasteiger partial charge is 0.222 e. The Kier molecular flexibility index (Phi) is 8.57. The van der Waals surface area contributed by atoms with Gasteiger partial charge in [0, 0.05) is 25.6 Å². The number of halogens is 1. The number of nitrogens with two attached hydrogens (primary N) is 1. The molecule has 1 amide bonds. The van der Waals surface area contributed by atoms with Crippen molar-refractivity contribution in [1.29, 1.82) is 0 Å². The van der Waals surface area contributed by atoms with Gasteiger partial charge >= 0.3 is 0 Å². The van der Waals surface area contributed by atoms with Crippen LogP contribution in [0.1, 0.15) is 44.6 Å². The molecule has 1 aromatic carbocycles. The van der Waals surface area contributed by atoms with Crippen LogP contribution in [0.4, 0.5) is 0 Å². The topological polar surface area (TPSA) is 55.6 Å². The molecule has 2 N–H and O–H groups in total. The predicted octanol–water partition coefficient (Wildman–Crippen LogP) is 3.41. The lowest BCUT2D eigenvalue weighted by Gasteiger charge is -2.31. The van der Waals surface area contributed by atoms with Crippen LogP contribution >= 0.6 is 12.4 Å². The molecule has 0 heterocycles. The van der Waals surface area contributed by atoms with Gasteiger partial charge in [0.05, 0.1) is 7.11 Å². The normalized spacial score (nSPS) is 21.5. The van der Waals surface area contributed by atoms with Gasteiger partial charge in [-0.05, 0) is 43.7 Å². The maximum Gasteiger partial charge on any atom is 0.222 e. The Labute approximate surface area is 152 Å². The van der Waals surface area contributed by atoms with Crippen LogP contribution in [-0.4, -0.2) is 37.0 Å². The summed E-state index contributed by atoms with van der Waals surface area (Å²) >= 11 is 0. The van der Waals surface area contributed by atoms with Crippen LogP contribution in [0.25, 0.3) is 0 Å². The summed E-state index contributed by atoms with van der Waals surface area (Å²) in [7, 11) is 3.58. The van der Waals surface area contributed by atoms with Crippen LogP contribution in [0.15, 0.2) is 24.3 Å². The van der Waals surface area contributed by atoms with Crippen molar-refractivity contribution in [3.8, 4) is 5.75 Å². The van der Waals surface area contributed by atoms with Gasteiger partial charge in [-0.2, -0.15) is 0 Å². The molecule has 0 bridgehead atoms. The standard InChI is InChI=1S/C19H30N2O2.ClH/c1-14(12-16-9-5-7-11-18(16)23-3)21(2)19(22)13-15-8-4-6-10-17(15)20;/h5,7,9,11,14-15,17H,4,6,8,10,12-13,20H2,1-3H3;1H. The monoisotopic (exact) mass is 354 g/mol. The number of carbonyl (C=O) groups is 1. The zero-order chi connectivity index (χ0) is 16.8. The molecule has 5 heteroatoms. The Morgan fingerprint density at radius 2 is 2.00 bits per heavy atom. The van der Waals surface area contributed by atoms with Gasteiger partial charge in [-0.25, -0.2) is 0 Å². The molecule has 0 spiro atoms. The van der Waals surface area contributed by atoms with Crippen molar-refractivity contribution in [3.05, 3.63) is 29.8 Å². The number of methoxy groups -OCH3 is 1. The molecule has 0 aliphatic heterocycles. The van der Waals surface area contributed by atoms with Crippen LogP contribution in [0.2, 0.25) is 0 Å². The molecule has 1 fully saturated rings. The summed E-state index contributed by atoms with van der Waals surface area (Å²) in [6, 6.07) is 8.32. The number of para-hydroxylation sites is 1. The van der Waals surface area contributed by atoms with Gasteiger partial charge in [-0.15, -0.1) is 12.4 Å². The summed E-state index contributed by atoms with van der Waals surface area (Å²) < 4.78 is 5.40. The van der Waals surface area contributed by atoms with Crippen LogP contribution in [0.3, 0.4) is 0 Å². The Hall–Kier alpha value is -1.26. The summed E-state index contributed by atoms with van der Waals surface area (Å²) in [5, 5.41) is 0. The van der Waals surface area contributed by atoms with Crippen LogP contribution in [-0.2, 0) is 11.2 Å². The molecule has 136 valence electrons. The van der Waals surface area contributed by atoms with E-state index in [1.165, 1.54) is 12.8 Å². The van der Waals surface area contributed by atoms with Gasteiger partial charge in [-0.1, -0.05) is 31.0 Å². The van der Waals surface area contributed by atoms with Gasteiger partial charge in [0.2, 0.25) is 5.91 Å². The van der Waals surface area contributed by atoms with E-state index in [4.69, 9.17) is 10.5 Å². The third-order valence-electron chi connectivity index (χ3n) is 5.17. The summed E-state index contributed by atoms with van der Waals surface area (Å²) in [5.74, 6) is 1.43. The van der Waals surface area contributed by atoms with Crippen molar-refractivity contribution in [2.24, 2.45) is 11.7 Å². The number of rotatable bonds is 6. The van der Waals surface area contributed by atoms with Crippen molar-refractivity contribution in [2.75, 3.05) is 14.2 Å². The van der Waals surface area contributed by atoms with E-state index in [-0.39, 0.29) is 30.4 Å². The molecule has 1 aliphatic carbocycles. The fraction of sp³-hybridized carbons (Fsp3) is 0.632. The number of hydrogen-bond donors (Lipinski definition) is 1. The second-order valence-corrected chi connectivity index (χ2v) is 6.78. The summed E-state index contributed by atoms with van der Waals surface area (Å²) in [4.78, 5) is 14.5. The van der Waals surface area contributed by atoms with Crippen molar-refractivity contribution in [2.45, 2.75) is 57.5 Å². The number of likely N-dealkylation sites (N-methyl/N-ethyl adjacent to an activating group) is 1. The van der Waals surface area contributed by atoms with Gasteiger partial charge in [0.15, 0.2) is 0 Å². The lowest BCUT2D eigenvalue weighted by Crippen LogP contribution is -2.41. The summed E-state index contributed by atoms with van der Waals surface area (Å²) in [5.41, 5.74) is 7.31. The number of carbonyl (C=O) groups excluding carboxylic acids is 1. The van der Waals surface area contributed by atoms with E-state index < -0.39 is 0 Å². The van der Waals surface area contributed by atoms with E-state index in [1.807, 2.05) is 30.1 Å². The van der Waals surface area contributed by atoms with Gasteiger partial charge < -0.3 is 15.4 Å². The Morgan fingerprint density at radius 1 is 1.33 bits per heavy atom. The molecule has 1 saturated carbocycles. The first-order valence-corrected chi connectivity index (χ1v) is 8.66. The zero-order valence-electron chi connectivity index (χ0n) is 15.0. The number of amides is 1. The fourth-order valence-corrected chi connectivity index (χ4v) is 3.43. The summed E-state index contributed by atoms with van der Waals surface area (Å²) in [6.07, 6.45) is 5.91. The van der Waals surface area contributed by atoms with Crippen LogP contribution in [0, 0.1) is 5.92 Å².